The van der Waals surface area contributed by atoms with Crippen molar-refractivity contribution in [2.45, 2.75) is 24.8 Å². The Hall–Kier alpha value is -1.77. The molecule has 0 bridgehead atoms. The molecule has 24 heavy (non-hydrogen) atoms. The number of rotatable bonds is 3. The first-order chi connectivity index (χ1) is 11.0. The van der Waals surface area contributed by atoms with Crippen LogP contribution in [0.5, 0.6) is 0 Å². The number of nitrogens with zero attached hydrogens (tertiary/aromatic N) is 2. The van der Waals surface area contributed by atoms with Crippen molar-refractivity contribution in [1.29, 1.82) is 0 Å². The summed E-state index contributed by atoms with van der Waals surface area (Å²) < 4.78 is 52.1. The first-order valence-corrected chi connectivity index (χ1v) is 7.47. The third kappa shape index (κ3) is 3.50. The summed E-state index contributed by atoms with van der Waals surface area (Å²) in [5, 5.41) is 1.72. The van der Waals surface area contributed by atoms with Gasteiger partial charge in [-0.3, -0.25) is 4.79 Å². The molecule has 1 fully saturated rings. The largest absolute Gasteiger partial charge is 0.416 e. The molecule has 0 aromatic carbocycles. The molecule has 2 rings (SSSR count). The SMILES string of the molecule is CN1CC(C(=O)NCC2=CCC(F)C(C(F)(F)F)=C2Cl)N(C)C1=O. The lowest BCUT2D eigenvalue weighted by Gasteiger charge is -2.24. The normalized spacial score (nSPS) is 25.3. The number of halogens is 5. The number of likely N-dealkylation sites (N-methyl/N-ethyl adjacent to an activating group) is 2. The number of allylic oxidation sites excluding steroid dienone is 2. The molecule has 1 heterocycles. The van der Waals surface area contributed by atoms with E-state index in [0.717, 1.165) is 0 Å². The Morgan fingerprint density at radius 3 is 2.54 bits per heavy atom. The van der Waals surface area contributed by atoms with Crippen molar-refractivity contribution < 1.29 is 27.2 Å². The number of hydrogen-bond donors (Lipinski definition) is 1. The molecule has 5 nitrogen and oxygen atoms in total. The Labute approximate surface area is 140 Å². The molecule has 2 unspecified atom stereocenters. The van der Waals surface area contributed by atoms with Crippen LogP contribution in [-0.4, -0.2) is 67.3 Å². The van der Waals surface area contributed by atoms with Crippen molar-refractivity contribution in [1.82, 2.24) is 15.1 Å². The van der Waals surface area contributed by atoms with E-state index in [1.54, 1.807) is 0 Å². The summed E-state index contributed by atoms with van der Waals surface area (Å²) in [6.07, 6.45) is -6.32. The van der Waals surface area contributed by atoms with Crippen LogP contribution >= 0.6 is 11.6 Å². The molecule has 2 aliphatic rings. The average Bonchev–Trinajstić information content (AvgIpc) is 2.72. The van der Waals surface area contributed by atoms with E-state index in [0.29, 0.717) is 0 Å². The number of amides is 3. The lowest BCUT2D eigenvalue weighted by molar-refractivity contribution is -0.124. The zero-order valence-electron chi connectivity index (χ0n) is 13.0. The number of hydrogen-bond acceptors (Lipinski definition) is 2. The van der Waals surface area contributed by atoms with Crippen LogP contribution in [0.25, 0.3) is 0 Å². The highest BCUT2D eigenvalue weighted by Crippen LogP contribution is 2.40. The fourth-order valence-corrected chi connectivity index (χ4v) is 3.01. The summed E-state index contributed by atoms with van der Waals surface area (Å²) in [4.78, 5) is 26.3. The van der Waals surface area contributed by atoms with Gasteiger partial charge in [0.05, 0.1) is 17.2 Å². The minimum atomic E-state index is -4.87. The summed E-state index contributed by atoms with van der Waals surface area (Å²) in [5.74, 6) is -0.517. The number of urea groups is 1. The average molecular weight is 370 g/mol. The Kier molecular flexibility index (Phi) is 5.12. The fraction of sp³-hybridized carbons (Fsp3) is 0.571. The minimum Gasteiger partial charge on any atom is -0.350 e. The fourth-order valence-electron chi connectivity index (χ4n) is 2.64. The van der Waals surface area contributed by atoms with Gasteiger partial charge in [-0.2, -0.15) is 13.2 Å². The second kappa shape index (κ2) is 6.62. The first kappa shape index (κ1) is 18.6. The molecule has 10 heteroatoms. The van der Waals surface area contributed by atoms with Crippen LogP contribution in [0.2, 0.25) is 0 Å². The van der Waals surface area contributed by atoms with Crippen LogP contribution in [0.15, 0.2) is 22.3 Å². The monoisotopic (exact) mass is 369 g/mol. The summed E-state index contributed by atoms with van der Waals surface area (Å²) in [7, 11) is 2.99. The lowest BCUT2D eigenvalue weighted by atomic mass is 9.96. The quantitative estimate of drug-likeness (QED) is 0.775. The molecule has 1 N–H and O–H groups in total. The van der Waals surface area contributed by atoms with Gasteiger partial charge in [0, 0.05) is 27.1 Å². The van der Waals surface area contributed by atoms with Crippen molar-refractivity contribution in [2.75, 3.05) is 27.2 Å². The van der Waals surface area contributed by atoms with Gasteiger partial charge < -0.3 is 15.1 Å². The number of carbonyl (C=O) groups is 2. The van der Waals surface area contributed by atoms with E-state index >= 15 is 0 Å². The van der Waals surface area contributed by atoms with Gasteiger partial charge in [0.15, 0.2) is 0 Å². The van der Waals surface area contributed by atoms with E-state index in [2.05, 4.69) is 5.32 Å². The molecule has 0 spiro atoms. The van der Waals surface area contributed by atoms with Crippen molar-refractivity contribution in [3.05, 3.63) is 22.3 Å². The van der Waals surface area contributed by atoms with E-state index in [9.17, 15) is 27.2 Å². The molecular formula is C14H16ClF4N3O2. The van der Waals surface area contributed by atoms with E-state index in [1.165, 1.54) is 30.0 Å². The summed E-state index contributed by atoms with van der Waals surface area (Å²) in [6.45, 7) is -0.101. The lowest BCUT2D eigenvalue weighted by Crippen LogP contribution is -2.44. The van der Waals surface area contributed by atoms with E-state index in [-0.39, 0.29) is 24.7 Å². The van der Waals surface area contributed by atoms with Crippen LogP contribution in [-0.2, 0) is 4.79 Å². The standard InChI is InChI=1S/C14H16ClF4N3O2/c1-21-6-9(22(2)13(21)24)12(23)20-5-7-3-4-8(16)10(11(7)15)14(17,18)19/h3,8-9H,4-6H2,1-2H3,(H,20,23). The summed E-state index contributed by atoms with van der Waals surface area (Å²) in [5.41, 5.74) is -1.42. The van der Waals surface area contributed by atoms with Gasteiger partial charge >= 0.3 is 12.2 Å². The number of alkyl halides is 4. The van der Waals surface area contributed by atoms with Crippen molar-refractivity contribution in [3.8, 4) is 0 Å². The molecule has 134 valence electrons. The van der Waals surface area contributed by atoms with Crippen LogP contribution in [0, 0.1) is 0 Å². The third-order valence-electron chi connectivity index (χ3n) is 4.01. The van der Waals surface area contributed by atoms with Gasteiger partial charge in [0.1, 0.15) is 12.2 Å². The molecule has 0 aromatic heterocycles. The van der Waals surface area contributed by atoms with Crippen LogP contribution in [0.4, 0.5) is 22.4 Å². The predicted octanol–water partition coefficient (Wildman–Crippen LogP) is 2.19. The van der Waals surface area contributed by atoms with Gasteiger partial charge in [0.2, 0.25) is 5.91 Å². The Morgan fingerprint density at radius 2 is 2.04 bits per heavy atom. The maximum Gasteiger partial charge on any atom is 0.416 e. The molecule has 1 saturated heterocycles. The highest BCUT2D eigenvalue weighted by Gasteiger charge is 2.43. The maximum atomic E-state index is 13.5. The van der Waals surface area contributed by atoms with Crippen LogP contribution in [0.3, 0.4) is 0 Å². The maximum absolute atomic E-state index is 13.5. The predicted molar refractivity (Wildman–Crippen MR) is 79.1 cm³/mol. The molecule has 3 amide bonds. The molecule has 0 radical (unpaired) electrons. The first-order valence-electron chi connectivity index (χ1n) is 7.10. The van der Waals surface area contributed by atoms with Crippen molar-refractivity contribution >= 4 is 23.5 Å². The van der Waals surface area contributed by atoms with Crippen LogP contribution in [0.1, 0.15) is 6.42 Å². The summed E-state index contributed by atoms with van der Waals surface area (Å²) in [6, 6.07) is -1.07. The second-order valence-electron chi connectivity index (χ2n) is 5.67. The van der Waals surface area contributed by atoms with E-state index in [4.69, 9.17) is 11.6 Å². The number of nitrogens with one attached hydrogen (secondary N) is 1. The molecule has 0 saturated carbocycles. The Bertz CT molecular complexity index is 618. The topological polar surface area (TPSA) is 52.7 Å². The highest BCUT2D eigenvalue weighted by molar-refractivity contribution is 6.32. The van der Waals surface area contributed by atoms with Gasteiger partial charge in [-0.1, -0.05) is 17.7 Å². The van der Waals surface area contributed by atoms with Gasteiger partial charge in [-0.05, 0) is 5.57 Å². The number of carbonyl (C=O) groups excluding carboxylic acids is 2. The highest BCUT2D eigenvalue weighted by atomic mass is 35.5. The minimum absolute atomic E-state index is 0.00609. The molecule has 0 aromatic rings. The van der Waals surface area contributed by atoms with Crippen LogP contribution < -0.4 is 5.32 Å². The molecule has 2 atom stereocenters. The zero-order valence-corrected chi connectivity index (χ0v) is 13.7. The van der Waals surface area contributed by atoms with Crippen molar-refractivity contribution in [3.63, 3.8) is 0 Å². The Balaban J connectivity index is 2.06. The Morgan fingerprint density at radius 1 is 1.42 bits per heavy atom. The summed E-state index contributed by atoms with van der Waals surface area (Å²) >= 11 is 5.67. The van der Waals surface area contributed by atoms with E-state index < -0.39 is 41.3 Å². The third-order valence-corrected chi connectivity index (χ3v) is 4.45. The van der Waals surface area contributed by atoms with Gasteiger partial charge in [0.25, 0.3) is 0 Å². The molecule has 1 aliphatic carbocycles. The van der Waals surface area contributed by atoms with Gasteiger partial charge in [-0.15, -0.1) is 0 Å². The van der Waals surface area contributed by atoms with Gasteiger partial charge in [-0.25, -0.2) is 9.18 Å². The zero-order chi connectivity index (χ0) is 18.2. The van der Waals surface area contributed by atoms with Crippen molar-refractivity contribution in [2.24, 2.45) is 0 Å². The molecule has 1 aliphatic heterocycles. The second-order valence-corrected chi connectivity index (χ2v) is 6.04. The smallest absolute Gasteiger partial charge is 0.350 e. The molecular weight excluding hydrogens is 354 g/mol. The van der Waals surface area contributed by atoms with E-state index in [1.807, 2.05) is 0 Å².